The molecule has 1 saturated carbocycles. The minimum absolute atomic E-state index is 0.148. The summed E-state index contributed by atoms with van der Waals surface area (Å²) in [5.41, 5.74) is 1.81. The van der Waals surface area contributed by atoms with E-state index in [0.717, 1.165) is 35.2 Å². The molecule has 0 atom stereocenters. The molecule has 0 radical (unpaired) electrons. The lowest BCUT2D eigenvalue weighted by molar-refractivity contribution is 0.0925. The summed E-state index contributed by atoms with van der Waals surface area (Å²) < 4.78 is 5.12. The van der Waals surface area contributed by atoms with Gasteiger partial charge in [-0.2, -0.15) is 0 Å². The fourth-order valence-corrected chi connectivity index (χ4v) is 2.85. The SMILES string of the molecule is Cc1cc(C2(NC(=O)c3cc4cc(Cl)ccc4[nH]3)CC2)no1. The zero-order valence-electron chi connectivity index (χ0n) is 11.9. The Morgan fingerprint density at radius 2 is 2.18 bits per heavy atom. The predicted molar refractivity (Wildman–Crippen MR) is 82.9 cm³/mol. The monoisotopic (exact) mass is 315 g/mol. The standard InChI is InChI=1S/C16H14ClN3O2/c1-9-6-14(20-22-9)16(4-5-16)19-15(21)13-8-10-7-11(17)2-3-12(10)18-13/h2-3,6-8,18H,4-5H2,1H3,(H,19,21). The van der Waals surface area contributed by atoms with Gasteiger partial charge in [-0.3, -0.25) is 4.79 Å². The highest BCUT2D eigenvalue weighted by Gasteiger charge is 2.48. The smallest absolute Gasteiger partial charge is 0.268 e. The third-order valence-corrected chi connectivity index (χ3v) is 4.28. The van der Waals surface area contributed by atoms with E-state index in [1.165, 1.54) is 0 Å². The molecule has 0 bridgehead atoms. The van der Waals surface area contributed by atoms with Crippen LogP contribution in [0.5, 0.6) is 0 Å². The highest BCUT2D eigenvalue weighted by atomic mass is 35.5. The molecule has 0 unspecified atom stereocenters. The van der Waals surface area contributed by atoms with Crippen molar-refractivity contribution >= 4 is 28.4 Å². The van der Waals surface area contributed by atoms with Gasteiger partial charge >= 0.3 is 0 Å². The van der Waals surface area contributed by atoms with Crippen molar-refractivity contribution in [2.75, 3.05) is 0 Å². The van der Waals surface area contributed by atoms with Crippen molar-refractivity contribution in [2.24, 2.45) is 0 Å². The number of benzene rings is 1. The van der Waals surface area contributed by atoms with E-state index in [-0.39, 0.29) is 11.4 Å². The first kappa shape index (κ1) is 13.4. The minimum Gasteiger partial charge on any atom is -0.361 e. The molecule has 3 aromatic rings. The van der Waals surface area contributed by atoms with E-state index in [0.29, 0.717) is 10.7 Å². The lowest BCUT2D eigenvalue weighted by atomic mass is 10.1. The number of nitrogens with zero attached hydrogens (tertiary/aromatic N) is 1. The van der Waals surface area contributed by atoms with Crippen LogP contribution in [0.2, 0.25) is 5.02 Å². The van der Waals surface area contributed by atoms with E-state index in [4.69, 9.17) is 16.1 Å². The maximum atomic E-state index is 12.5. The number of fused-ring (bicyclic) bond motifs is 1. The predicted octanol–water partition coefficient (Wildman–Crippen LogP) is 3.54. The summed E-state index contributed by atoms with van der Waals surface area (Å²) in [7, 11) is 0. The Morgan fingerprint density at radius 3 is 2.86 bits per heavy atom. The third kappa shape index (κ3) is 2.18. The van der Waals surface area contributed by atoms with Gasteiger partial charge in [0.1, 0.15) is 17.1 Å². The van der Waals surface area contributed by atoms with Crippen LogP contribution in [0.15, 0.2) is 34.9 Å². The first-order valence-electron chi connectivity index (χ1n) is 7.10. The van der Waals surface area contributed by atoms with Crippen LogP contribution in [0.3, 0.4) is 0 Å². The van der Waals surface area contributed by atoms with Crippen LogP contribution < -0.4 is 5.32 Å². The Hall–Kier alpha value is -2.27. The number of amides is 1. The summed E-state index contributed by atoms with van der Waals surface area (Å²) in [4.78, 5) is 15.6. The molecule has 4 rings (SSSR count). The summed E-state index contributed by atoms with van der Waals surface area (Å²) in [6, 6.07) is 9.17. The maximum Gasteiger partial charge on any atom is 0.268 e. The number of hydrogen-bond acceptors (Lipinski definition) is 3. The molecule has 1 amide bonds. The molecule has 1 aliphatic carbocycles. The topological polar surface area (TPSA) is 70.9 Å². The van der Waals surface area contributed by atoms with E-state index in [1.54, 1.807) is 12.1 Å². The zero-order chi connectivity index (χ0) is 15.3. The quantitative estimate of drug-likeness (QED) is 0.776. The number of carbonyl (C=O) groups is 1. The number of nitrogens with one attached hydrogen (secondary N) is 2. The molecule has 5 nitrogen and oxygen atoms in total. The second-order valence-electron chi connectivity index (χ2n) is 5.77. The van der Waals surface area contributed by atoms with Crippen LogP contribution in [-0.2, 0) is 5.54 Å². The number of aromatic amines is 1. The van der Waals surface area contributed by atoms with Crippen LogP contribution in [0, 0.1) is 6.92 Å². The Morgan fingerprint density at radius 1 is 1.36 bits per heavy atom. The molecular weight excluding hydrogens is 302 g/mol. The van der Waals surface area contributed by atoms with Gasteiger partial charge in [0.15, 0.2) is 0 Å². The highest BCUT2D eigenvalue weighted by Crippen LogP contribution is 2.45. The van der Waals surface area contributed by atoms with E-state index >= 15 is 0 Å². The van der Waals surface area contributed by atoms with Gasteiger partial charge in [-0.15, -0.1) is 0 Å². The summed E-state index contributed by atoms with van der Waals surface area (Å²) in [6.07, 6.45) is 1.74. The van der Waals surface area contributed by atoms with Crippen LogP contribution >= 0.6 is 11.6 Å². The van der Waals surface area contributed by atoms with E-state index < -0.39 is 0 Å². The van der Waals surface area contributed by atoms with E-state index in [1.807, 2.05) is 25.1 Å². The molecule has 0 aliphatic heterocycles. The first-order chi connectivity index (χ1) is 10.6. The van der Waals surface area contributed by atoms with E-state index in [9.17, 15) is 4.79 Å². The van der Waals surface area contributed by atoms with Gasteiger partial charge in [-0.1, -0.05) is 16.8 Å². The molecular formula is C16H14ClN3O2. The summed E-state index contributed by atoms with van der Waals surface area (Å²) in [6.45, 7) is 1.84. The Labute approximate surface area is 131 Å². The van der Waals surface area contributed by atoms with Crippen molar-refractivity contribution in [2.45, 2.75) is 25.3 Å². The van der Waals surface area contributed by atoms with Crippen molar-refractivity contribution < 1.29 is 9.32 Å². The lowest BCUT2D eigenvalue weighted by Gasteiger charge is -2.13. The van der Waals surface area contributed by atoms with Crippen LogP contribution in [0.25, 0.3) is 10.9 Å². The first-order valence-corrected chi connectivity index (χ1v) is 7.48. The summed E-state index contributed by atoms with van der Waals surface area (Å²) >= 11 is 5.97. The number of halogens is 1. The Balaban J connectivity index is 1.61. The van der Waals surface area contributed by atoms with Gasteiger partial charge in [-0.05, 0) is 44.0 Å². The second kappa shape index (κ2) is 4.61. The molecule has 112 valence electrons. The van der Waals surface area contributed by atoms with Crippen molar-refractivity contribution in [1.29, 1.82) is 0 Å². The van der Waals surface area contributed by atoms with Gasteiger partial charge in [-0.25, -0.2) is 0 Å². The second-order valence-corrected chi connectivity index (χ2v) is 6.21. The summed E-state index contributed by atoms with van der Waals surface area (Å²) in [5.74, 6) is 0.598. The fraction of sp³-hybridized carbons (Fsp3) is 0.250. The molecule has 2 N–H and O–H groups in total. The van der Waals surface area contributed by atoms with Crippen molar-refractivity contribution in [1.82, 2.24) is 15.5 Å². The molecule has 1 aliphatic rings. The van der Waals surface area contributed by atoms with Crippen molar-refractivity contribution in [3.05, 3.63) is 52.5 Å². The normalized spacial score (nSPS) is 15.9. The van der Waals surface area contributed by atoms with Gasteiger partial charge in [0.25, 0.3) is 5.91 Å². The highest BCUT2D eigenvalue weighted by molar-refractivity contribution is 6.31. The molecule has 2 aromatic heterocycles. The molecule has 22 heavy (non-hydrogen) atoms. The number of aryl methyl sites for hydroxylation is 1. The number of aromatic nitrogens is 2. The number of hydrogen-bond donors (Lipinski definition) is 2. The third-order valence-electron chi connectivity index (χ3n) is 4.05. The van der Waals surface area contributed by atoms with Crippen LogP contribution in [-0.4, -0.2) is 16.0 Å². The van der Waals surface area contributed by atoms with Crippen LogP contribution in [0.4, 0.5) is 0 Å². The lowest BCUT2D eigenvalue weighted by Crippen LogP contribution is -2.35. The van der Waals surface area contributed by atoms with Gasteiger partial charge in [0.2, 0.25) is 0 Å². The van der Waals surface area contributed by atoms with Gasteiger partial charge in [0, 0.05) is 22.0 Å². The molecule has 1 fully saturated rings. The minimum atomic E-state index is -0.385. The van der Waals surface area contributed by atoms with Gasteiger partial charge in [0.05, 0.1) is 5.54 Å². The number of H-pyrrole nitrogens is 1. The molecule has 6 heteroatoms. The van der Waals surface area contributed by atoms with E-state index in [2.05, 4.69) is 15.5 Å². The maximum absolute atomic E-state index is 12.5. The Kier molecular flexibility index (Phi) is 2.81. The zero-order valence-corrected chi connectivity index (χ0v) is 12.7. The number of carbonyl (C=O) groups excluding carboxylic acids is 1. The van der Waals surface area contributed by atoms with Crippen molar-refractivity contribution in [3.8, 4) is 0 Å². The number of rotatable bonds is 3. The average molecular weight is 316 g/mol. The average Bonchev–Trinajstić information content (AvgIpc) is 2.94. The van der Waals surface area contributed by atoms with Crippen molar-refractivity contribution in [3.63, 3.8) is 0 Å². The largest absolute Gasteiger partial charge is 0.361 e. The Bertz CT molecular complexity index is 877. The fourth-order valence-electron chi connectivity index (χ4n) is 2.67. The summed E-state index contributed by atoms with van der Waals surface area (Å²) in [5, 5.41) is 8.66. The van der Waals surface area contributed by atoms with Gasteiger partial charge < -0.3 is 14.8 Å². The molecule has 0 saturated heterocycles. The molecule has 1 aromatic carbocycles. The molecule has 2 heterocycles. The molecule has 0 spiro atoms. The van der Waals surface area contributed by atoms with Crippen LogP contribution in [0.1, 0.15) is 34.8 Å².